The zero-order valence-corrected chi connectivity index (χ0v) is 51.1. The minimum absolute atomic E-state index is 0. The molecule has 0 fully saturated rings. The van der Waals surface area contributed by atoms with Gasteiger partial charge in [0, 0.05) is 97.9 Å². The second kappa shape index (κ2) is 28.3. The summed E-state index contributed by atoms with van der Waals surface area (Å²) in [6.45, 7) is 4.50. The first kappa shape index (κ1) is 69.5. The maximum Gasteiger partial charge on any atom is 2.00 e. The van der Waals surface area contributed by atoms with Gasteiger partial charge in [-0.25, -0.2) is 9.97 Å². The molecule has 0 spiro atoms. The third-order valence-corrected chi connectivity index (χ3v) is 14.8. The number of nitrogens with zero attached hydrogens (tertiary/aromatic N) is 12. The molecule has 30 nitrogen and oxygen atoms in total. The van der Waals surface area contributed by atoms with E-state index in [0.29, 0.717) is 13.2 Å². The van der Waals surface area contributed by atoms with E-state index in [1.165, 1.54) is 0 Å². The Morgan fingerprint density at radius 3 is 0.618 bits per heavy atom. The predicted molar refractivity (Wildman–Crippen MR) is 324 cm³/mol. The molecule has 0 unspecified atom stereocenters. The van der Waals surface area contributed by atoms with Crippen molar-refractivity contribution in [3.8, 4) is 44.5 Å². The Hall–Kier alpha value is -8.56. The van der Waals surface area contributed by atoms with Gasteiger partial charge in [-0.15, -0.1) is 0 Å². The molecule has 2 aliphatic heterocycles. The standard InChI is InChI=1S/C44H12Cl8N12O16.2C3H8O.Fe/c45-13-5-1-6-14(46)21(13)25-29-37(57(65)66)39(59(69)70)31(53-29)26(22-15(47)7-2-8-16(22)48)33-41(61(73)74)43(63(77)78)35(55-33)28(24-19(51)11-4-12-20(24)52)36-44(64(79)80)42(62(75)76)34(56-36)27(23-17(49)9-3-10-18(23)50)32-40(60(71)72)38(58(67)68)30(25)54-32;2*1-2-3-4;/h1-12H;2*4H,2-3H2,1H3;/q-2;;;+2. The second-order valence-electron chi connectivity index (χ2n) is 17.4. The average molecular weight is 1420 g/mol. The monoisotopic (exact) mass is 1420 g/mol. The van der Waals surface area contributed by atoms with Gasteiger partial charge in [0.2, 0.25) is 0 Å². The van der Waals surface area contributed by atoms with Gasteiger partial charge in [-0.2, -0.15) is 0 Å². The summed E-state index contributed by atoms with van der Waals surface area (Å²) in [5.41, 5.74) is -34.9. The minimum Gasteiger partial charge on any atom is -0.645 e. The summed E-state index contributed by atoms with van der Waals surface area (Å²) in [5, 5.41) is 120. The van der Waals surface area contributed by atoms with E-state index in [1.807, 2.05) is 13.8 Å². The molecule has 2 N–H and O–H groups in total. The van der Waals surface area contributed by atoms with E-state index >= 15 is 0 Å². The van der Waals surface area contributed by atoms with Crippen LogP contribution in [0.3, 0.4) is 0 Å². The van der Waals surface area contributed by atoms with Gasteiger partial charge in [0.25, 0.3) is 0 Å². The zero-order valence-electron chi connectivity index (χ0n) is 43.9. The summed E-state index contributed by atoms with van der Waals surface area (Å²) < 4.78 is 0. The van der Waals surface area contributed by atoms with E-state index in [-0.39, 0.29) is 17.1 Å². The van der Waals surface area contributed by atoms with Crippen molar-refractivity contribution in [2.24, 2.45) is 0 Å². The van der Waals surface area contributed by atoms with Crippen molar-refractivity contribution in [1.82, 2.24) is 19.9 Å². The van der Waals surface area contributed by atoms with Crippen LogP contribution in [0.15, 0.2) is 72.8 Å². The molecule has 0 saturated carbocycles. The van der Waals surface area contributed by atoms with Gasteiger partial charge >= 0.3 is 62.6 Å². The number of hydrogen-bond donors (Lipinski definition) is 2. The molecule has 0 aliphatic carbocycles. The summed E-state index contributed by atoms with van der Waals surface area (Å²) in [6.07, 6.45) is 1.75. The quantitative estimate of drug-likeness (QED) is 0.0580. The minimum atomic E-state index is -1.83. The number of aliphatic hydroxyl groups is 2. The van der Waals surface area contributed by atoms with Crippen LogP contribution in [0.2, 0.25) is 40.2 Å². The van der Waals surface area contributed by atoms with Gasteiger partial charge in [-0.1, -0.05) is 131 Å². The molecule has 0 atom stereocenters. The van der Waals surface area contributed by atoms with Gasteiger partial charge < -0.3 is 20.2 Å². The van der Waals surface area contributed by atoms with E-state index < -0.39 is 214 Å². The first-order chi connectivity index (χ1) is 41.6. The van der Waals surface area contributed by atoms with E-state index in [0.717, 1.165) is 85.6 Å². The number of halogens is 8. The van der Waals surface area contributed by atoms with Crippen molar-refractivity contribution in [2.45, 2.75) is 26.7 Å². The Balaban J connectivity index is 0.00000132. The molecular formula is C50H28Cl8FeN12O18. The summed E-state index contributed by atoms with van der Waals surface area (Å²) in [5.74, 6) is 0. The summed E-state index contributed by atoms with van der Waals surface area (Å²) in [7, 11) is 0. The van der Waals surface area contributed by atoms with Crippen LogP contribution in [0.25, 0.3) is 89.4 Å². The predicted octanol–water partition coefficient (Wildman–Crippen LogP) is 14.6. The van der Waals surface area contributed by atoms with Gasteiger partial charge in [0.1, 0.15) is 0 Å². The molecule has 7 aromatic rings. The van der Waals surface area contributed by atoms with Crippen LogP contribution in [0.5, 0.6) is 0 Å². The molecule has 0 saturated heterocycles. The Bertz CT molecular complexity index is 3880. The zero-order chi connectivity index (χ0) is 65.2. The maximum atomic E-state index is 13.7. The normalized spacial score (nSPS) is 11.6. The average Bonchev–Trinajstić information content (AvgIpc) is 1.59. The summed E-state index contributed by atoms with van der Waals surface area (Å²) >= 11 is 53.7. The molecule has 460 valence electrons. The van der Waals surface area contributed by atoms with E-state index in [2.05, 4.69) is 19.9 Å². The fourth-order valence-electron chi connectivity index (χ4n) is 8.89. The Labute approximate surface area is 544 Å². The summed E-state index contributed by atoms with van der Waals surface area (Å²) in [6, 6.07) is 12.6. The fourth-order valence-corrected chi connectivity index (χ4v) is 11.2. The summed E-state index contributed by atoms with van der Waals surface area (Å²) in [4.78, 5) is 115. The maximum absolute atomic E-state index is 13.7. The molecule has 0 amide bonds. The van der Waals surface area contributed by atoms with Crippen molar-refractivity contribution >= 4 is 160 Å². The van der Waals surface area contributed by atoms with Crippen molar-refractivity contribution in [1.29, 1.82) is 0 Å². The van der Waals surface area contributed by atoms with E-state index in [4.69, 9.17) is 103 Å². The van der Waals surface area contributed by atoms with Gasteiger partial charge in [-0.3, -0.25) is 80.9 Å². The molecule has 9 rings (SSSR count). The Morgan fingerprint density at radius 1 is 0.337 bits per heavy atom. The molecular weight excluding hydrogens is 1400 g/mol. The molecule has 2 aliphatic rings. The van der Waals surface area contributed by atoms with Gasteiger partial charge in [-0.05, 0) is 83.4 Å². The number of rotatable bonds is 14. The number of fused-ring (bicyclic) bond motifs is 8. The van der Waals surface area contributed by atoms with Crippen LogP contribution >= 0.6 is 92.8 Å². The smallest absolute Gasteiger partial charge is 0.645 e. The number of aromatic nitrogens is 4. The number of aliphatic hydroxyl groups excluding tert-OH is 2. The number of benzene rings is 4. The second-order valence-corrected chi connectivity index (χ2v) is 20.7. The SMILES string of the molecule is CCCO.CCCO.O=[N+]([O-])C1=C([N+](=O)[O-])c2nc1c(-c1c(Cl)cccc1Cl)c1[n-]c(c(-c3c(Cl)cccc3Cl)c3nc(c(-c4c(Cl)cccc4Cl)c4[n-]c(c2-c2c(Cl)cccc2Cl)c([N+](=O)[O-])c4[N+](=O)[O-])C([N+](=O)[O-])=C3[N+](=O)[O-])c([N+](=O)[O-])c1[N+](=O)[O-].[Fe+2]. The van der Waals surface area contributed by atoms with Crippen LogP contribution in [0.1, 0.15) is 49.5 Å². The largest absolute Gasteiger partial charge is 2.00 e. The third kappa shape index (κ3) is 12.7. The van der Waals surface area contributed by atoms with Crippen molar-refractivity contribution in [3.63, 3.8) is 0 Å². The van der Waals surface area contributed by atoms with Crippen molar-refractivity contribution in [3.05, 3.63) is 217 Å². The van der Waals surface area contributed by atoms with Crippen LogP contribution in [0.4, 0.5) is 22.7 Å². The topological polar surface area (TPSA) is 440 Å². The van der Waals surface area contributed by atoms with E-state index in [1.54, 1.807) is 0 Å². The van der Waals surface area contributed by atoms with Crippen LogP contribution in [0, 0.1) is 80.9 Å². The van der Waals surface area contributed by atoms with E-state index in [9.17, 15) is 80.9 Å². The van der Waals surface area contributed by atoms with Crippen molar-refractivity contribution < 1.29 is 66.7 Å². The molecule has 4 aromatic carbocycles. The Morgan fingerprint density at radius 2 is 0.494 bits per heavy atom. The van der Waals surface area contributed by atoms with Crippen molar-refractivity contribution in [2.75, 3.05) is 13.2 Å². The molecule has 3 aromatic heterocycles. The molecule has 8 bridgehead atoms. The molecule has 0 radical (unpaired) electrons. The van der Waals surface area contributed by atoms with Crippen LogP contribution in [-0.2, 0) is 17.1 Å². The first-order valence-electron chi connectivity index (χ1n) is 24.0. The Kier molecular flexibility index (Phi) is 22.1. The van der Waals surface area contributed by atoms with Crippen LogP contribution in [-0.4, -0.2) is 72.8 Å². The number of nitro groups is 8. The third-order valence-electron chi connectivity index (χ3n) is 12.2. The van der Waals surface area contributed by atoms with Crippen LogP contribution < -0.4 is 9.97 Å². The number of hydrogen-bond acceptors (Lipinski definition) is 20. The molecule has 89 heavy (non-hydrogen) atoms. The van der Waals surface area contributed by atoms with Gasteiger partial charge in [0.15, 0.2) is 22.8 Å². The first-order valence-corrected chi connectivity index (χ1v) is 27.1. The fraction of sp³-hybridized carbons (Fsp3) is 0.120. The molecule has 39 heteroatoms. The molecule has 5 heterocycles. The van der Waals surface area contributed by atoms with Gasteiger partial charge in [0.05, 0.1) is 39.4 Å².